The van der Waals surface area contributed by atoms with Crippen LogP contribution in [0.5, 0.6) is 5.75 Å². The van der Waals surface area contributed by atoms with Gasteiger partial charge in [-0.2, -0.15) is 0 Å². The minimum atomic E-state index is -0.886. The highest BCUT2D eigenvalue weighted by molar-refractivity contribution is 6.32. The number of amides is 2. The van der Waals surface area contributed by atoms with Crippen LogP contribution in [0.1, 0.15) is 22.7 Å². The van der Waals surface area contributed by atoms with Gasteiger partial charge in [-0.3, -0.25) is 9.59 Å². The van der Waals surface area contributed by atoms with E-state index in [0.717, 1.165) is 11.1 Å². The molecule has 0 aromatic heterocycles. The molecule has 4 rings (SSSR count). The topological polar surface area (TPSA) is 58.6 Å². The maximum absolute atomic E-state index is 13.6. The lowest BCUT2D eigenvalue weighted by Gasteiger charge is -2.31. The standard InChI is InChI=1S/C30H26Cl2N2O3/c31-25-17-15-23(16-18-25)20-34(28(35)21-37-27-14-8-7-13-26(27)32)29(24-11-5-2-6-12-24)30(36)33-19-22-9-3-1-4-10-22/h1-18,29H,19-21H2,(H,33,36)/t29-/m0/s1. The third kappa shape index (κ3) is 7.35. The van der Waals surface area contributed by atoms with Crippen molar-refractivity contribution in [2.75, 3.05) is 6.61 Å². The molecule has 0 bridgehead atoms. The second-order valence-electron chi connectivity index (χ2n) is 8.38. The van der Waals surface area contributed by atoms with Gasteiger partial charge in [-0.05, 0) is 41.0 Å². The van der Waals surface area contributed by atoms with E-state index in [2.05, 4.69) is 5.32 Å². The molecular formula is C30H26Cl2N2O3. The predicted octanol–water partition coefficient (Wildman–Crippen LogP) is 6.46. The van der Waals surface area contributed by atoms with Gasteiger partial charge in [-0.1, -0.05) is 108 Å². The number of ether oxygens (including phenoxy) is 1. The number of hydrogen-bond acceptors (Lipinski definition) is 3. The van der Waals surface area contributed by atoms with Crippen molar-refractivity contribution in [2.45, 2.75) is 19.1 Å². The largest absolute Gasteiger partial charge is 0.482 e. The zero-order valence-corrected chi connectivity index (χ0v) is 21.5. The van der Waals surface area contributed by atoms with Crippen LogP contribution in [-0.4, -0.2) is 23.3 Å². The van der Waals surface area contributed by atoms with Crippen LogP contribution >= 0.6 is 23.2 Å². The number of nitrogens with one attached hydrogen (secondary N) is 1. The first-order valence-electron chi connectivity index (χ1n) is 11.8. The van der Waals surface area contributed by atoms with Gasteiger partial charge in [0.1, 0.15) is 11.8 Å². The van der Waals surface area contributed by atoms with E-state index < -0.39 is 6.04 Å². The van der Waals surface area contributed by atoms with Crippen molar-refractivity contribution in [3.8, 4) is 5.75 Å². The SMILES string of the molecule is O=C(NCc1ccccc1)[C@H](c1ccccc1)N(Cc1ccc(Cl)cc1)C(=O)COc1ccccc1Cl. The van der Waals surface area contributed by atoms with Crippen LogP contribution in [0.15, 0.2) is 109 Å². The molecule has 4 aromatic carbocycles. The van der Waals surface area contributed by atoms with Crippen molar-refractivity contribution in [1.82, 2.24) is 10.2 Å². The Kier molecular flexibility index (Phi) is 9.19. The number of nitrogens with zero attached hydrogens (tertiary/aromatic N) is 1. The van der Waals surface area contributed by atoms with Crippen LogP contribution in [0.3, 0.4) is 0 Å². The molecule has 0 unspecified atom stereocenters. The van der Waals surface area contributed by atoms with E-state index in [0.29, 0.717) is 27.9 Å². The minimum Gasteiger partial charge on any atom is -0.482 e. The number of rotatable bonds is 10. The molecule has 188 valence electrons. The Morgan fingerprint density at radius 3 is 2.05 bits per heavy atom. The fourth-order valence-electron chi connectivity index (χ4n) is 3.88. The molecule has 0 spiro atoms. The van der Waals surface area contributed by atoms with Crippen LogP contribution in [0.2, 0.25) is 10.0 Å². The molecule has 0 saturated carbocycles. The van der Waals surface area contributed by atoms with E-state index in [1.807, 2.05) is 72.8 Å². The van der Waals surface area contributed by atoms with Gasteiger partial charge in [-0.15, -0.1) is 0 Å². The van der Waals surface area contributed by atoms with E-state index in [-0.39, 0.29) is 25.0 Å². The molecule has 0 fully saturated rings. The van der Waals surface area contributed by atoms with Gasteiger partial charge >= 0.3 is 0 Å². The molecule has 1 atom stereocenters. The summed E-state index contributed by atoms with van der Waals surface area (Å²) < 4.78 is 5.76. The Morgan fingerprint density at radius 2 is 1.38 bits per heavy atom. The highest BCUT2D eigenvalue weighted by atomic mass is 35.5. The minimum absolute atomic E-state index is 0.181. The first kappa shape index (κ1) is 26.3. The molecule has 7 heteroatoms. The monoisotopic (exact) mass is 532 g/mol. The van der Waals surface area contributed by atoms with Crippen molar-refractivity contribution < 1.29 is 14.3 Å². The summed E-state index contributed by atoms with van der Waals surface area (Å²) in [5.74, 6) is -0.262. The molecule has 0 aliphatic heterocycles. The Labute approximate surface area is 226 Å². The molecule has 1 N–H and O–H groups in total. The van der Waals surface area contributed by atoms with Gasteiger partial charge in [-0.25, -0.2) is 0 Å². The van der Waals surface area contributed by atoms with Crippen LogP contribution in [-0.2, 0) is 22.7 Å². The van der Waals surface area contributed by atoms with E-state index in [1.54, 1.807) is 36.4 Å². The lowest BCUT2D eigenvalue weighted by atomic mass is 10.0. The Bertz CT molecular complexity index is 1320. The van der Waals surface area contributed by atoms with Crippen molar-refractivity contribution in [3.05, 3.63) is 136 Å². The second-order valence-corrected chi connectivity index (χ2v) is 9.23. The van der Waals surface area contributed by atoms with Crippen LogP contribution in [0.4, 0.5) is 0 Å². The van der Waals surface area contributed by atoms with Crippen molar-refractivity contribution in [1.29, 1.82) is 0 Å². The smallest absolute Gasteiger partial charge is 0.261 e. The number of para-hydroxylation sites is 1. The lowest BCUT2D eigenvalue weighted by molar-refractivity contribution is -0.143. The summed E-state index contributed by atoms with van der Waals surface area (Å²) in [5, 5.41) is 3.98. The summed E-state index contributed by atoms with van der Waals surface area (Å²) in [6.45, 7) is 0.231. The molecule has 0 aliphatic rings. The fourth-order valence-corrected chi connectivity index (χ4v) is 4.20. The van der Waals surface area contributed by atoms with E-state index in [4.69, 9.17) is 27.9 Å². The Morgan fingerprint density at radius 1 is 0.757 bits per heavy atom. The first-order chi connectivity index (χ1) is 18.0. The summed E-state index contributed by atoms with van der Waals surface area (Å²) >= 11 is 12.3. The maximum atomic E-state index is 13.6. The molecule has 37 heavy (non-hydrogen) atoms. The zero-order chi connectivity index (χ0) is 26.0. The van der Waals surface area contributed by atoms with Gasteiger partial charge in [0.15, 0.2) is 6.61 Å². The van der Waals surface area contributed by atoms with Gasteiger partial charge in [0, 0.05) is 18.1 Å². The number of benzene rings is 4. The Hall–Kier alpha value is -3.80. The summed E-state index contributed by atoms with van der Waals surface area (Å²) in [7, 11) is 0. The average Bonchev–Trinajstić information content (AvgIpc) is 2.93. The number of hydrogen-bond donors (Lipinski definition) is 1. The lowest BCUT2D eigenvalue weighted by Crippen LogP contribution is -2.45. The van der Waals surface area contributed by atoms with Crippen LogP contribution in [0, 0.1) is 0 Å². The van der Waals surface area contributed by atoms with E-state index in [1.165, 1.54) is 4.90 Å². The molecule has 2 amide bonds. The van der Waals surface area contributed by atoms with Crippen molar-refractivity contribution >= 4 is 35.0 Å². The molecule has 0 heterocycles. The van der Waals surface area contributed by atoms with Gasteiger partial charge in [0.25, 0.3) is 5.91 Å². The second kappa shape index (κ2) is 12.9. The highest BCUT2D eigenvalue weighted by Crippen LogP contribution is 2.27. The first-order valence-corrected chi connectivity index (χ1v) is 12.5. The Balaban J connectivity index is 1.63. The summed E-state index contributed by atoms with van der Waals surface area (Å²) in [6.07, 6.45) is 0. The van der Waals surface area contributed by atoms with E-state index >= 15 is 0 Å². The maximum Gasteiger partial charge on any atom is 0.261 e. The molecule has 5 nitrogen and oxygen atoms in total. The van der Waals surface area contributed by atoms with Gasteiger partial charge < -0.3 is 15.0 Å². The van der Waals surface area contributed by atoms with Crippen molar-refractivity contribution in [2.24, 2.45) is 0 Å². The number of halogens is 2. The summed E-state index contributed by atoms with van der Waals surface area (Å²) in [5.41, 5.74) is 2.47. The third-order valence-corrected chi connectivity index (χ3v) is 6.32. The number of carbonyl (C=O) groups is 2. The molecular weight excluding hydrogens is 507 g/mol. The molecule has 4 aromatic rings. The molecule has 0 radical (unpaired) electrons. The fraction of sp³-hybridized carbons (Fsp3) is 0.133. The molecule has 0 saturated heterocycles. The zero-order valence-electron chi connectivity index (χ0n) is 20.0. The normalized spacial score (nSPS) is 11.4. The van der Waals surface area contributed by atoms with Gasteiger partial charge in [0.2, 0.25) is 5.91 Å². The van der Waals surface area contributed by atoms with Crippen LogP contribution < -0.4 is 10.1 Å². The quantitative estimate of drug-likeness (QED) is 0.255. The van der Waals surface area contributed by atoms with E-state index in [9.17, 15) is 9.59 Å². The van der Waals surface area contributed by atoms with Crippen LogP contribution in [0.25, 0.3) is 0 Å². The number of carbonyl (C=O) groups excluding carboxylic acids is 2. The summed E-state index contributed by atoms with van der Waals surface area (Å²) in [6, 6.07) is 32.1. The van der Waals surface area contributed by atoms with Crippen molar-refractivity contribution in [3.63, 3.8) is 0 Å². The predicted molar refractivity (Wildman–Crippen MR) is 146 cm³/mol. The third-order valence-electron chi connectivity index (χ3n) is 5.76. The van der Waals surface area contributed by atoms with Gasteiger partial charge in [0.05, 0.1) is 5.02 Å². The highest BCUT2D eigenvalue weighted by Gasteiger charge is 2.32. The average molecular weight is 533 g/mol. The molecule has 0 aliphatic carbocycles. The summed E-state index contributed by atoms with van der Waals surface area (Å²) in [4.78, 5) is 28.8.